The SMILES string of the molecule is CNC(=O)c1ccc(OC)c2c1CN(c1ccc(-c3cnn(C45CC6CC(CC(C6)C4)C5)c3C)c(C(=O)O)n1)CC2. The first-order chi connectivity index (χ1) is 19.8. The number of rotatable bonds is 6. The molecule has 1 aliphatic heterocycles. The normalized spacial score (nSPS) is 26.1. The Morgan fingerprint density at radius 1 is 1.02 bits per heavy atom. The second kappa shape index (κ2) is 9.60. The largest absolute Gasteiger partial charge is 0.496 e. The van der Waals surface area contributed by atoms with Gasteiger partial charge in [-0.05, 0) is 99.5 Å². The fourth-order valence-electron chi connectivity index (χ4n) is 8.86. The van der Waals surface area contributed by atoms with Crippen molar-refractivity contribution >= 4 is 17.7 Å². The van der Waals surface area contributed by atoms with E-state index in [-0.39, 0.29) is 17.1 Å². The van der Waals surface area contributed by atoms with Gasteiger partial charge in [-0.25, -0.2) is 9.78 Å². The lowest BCUT2D eigenvalue weighted by molar-refractivity contribution is -0.0503. The highest BCUT2D eigenvalue weighted by molar-refractivity contribution is 5.97. The Bertz CT molecular complexity index is 1520. The predicted molar refractivity (Wildman–Crippen MR) is 154 cm³/mol. The summed E-state index contributed by atoms with van der Waals surface area (Å²) >= 11 is 0. The maximum Gasteiger partial charge on any atom is 0.355 e. The van der Waals surface area contributed by atoms with Gasteiger partial charge < -0.3 is 20.1 Å². The summed E-state index contributed by atoms with van der Waals surface area (Å²) in [6.07, 6.45) is 10.1. The van der Waals surface area contributed by atoms with Crippen molar-refractivity contribution in [3.05, 3.63) is 58.5 Å². The van der Waals surface area contributed by atoms with Gasteiger partial charge in [0.1, 0.15) is 11.6 Å². The number of anilines is 1. The lowest BCUT2D eigenvalue weighted by Gasteiger charge is -2.57. The van der Waals surface area contributed by atoms with Crippen molar-refractivity contribution in [2.45, 2.75) is 64.0 Å². The molecule has 1 aromatic carbocycles. The Kier molecular flexibility index (Phi) is 6.10. The number of aromatic carboxylic acids is 1. The predicted octanol–water partition coefficient (Wildman–Crippen LogP) is 4.81. The average molecular weight is 556 g/mol. The Hall–Kier alpha value is -3.88. The maximum absolute atomic E-state index is 12.6. The topological polar surface area (TPSA) is 110 Å². The lowest BCUT2D eigenvalue weighted by atomic mass is 9.53. The van der Waals surface area contributed by atoms with Crippen molar-refractivity contribution in [1.82, 2.24) is 20.1 Å². The van der Waals surface area contributed by atoms with Crippen LogP contribution in [0.5, 0.6) is 5.75 Å². The molecule has 0 radical (unpaired) electrons. The van der Waals surface area contributed by atoms with Crippen LogP contribution in [-0.2, 0) is 18.5 Å². The van der Waals surface area contributed by atoms with E-state index in [2.05, 4.69) is 21.9 Å². The van der Waals surface area contributed by atoms with E-state index in [0.717, 1.165) is 45.9 Å². The number of pyridine rings is 1. The number of carboxylic acids is 1. The molecule has 4 bridgehead atoms. The van der Waals surface area contributed by atoms with E-state index in [0.29, 0.717) is 36.5 Å². The summed E-state index contributed by atoms with van der Waals surface area (Å²) in [4.78, 5) is 31.9. The van der Waals surface area contributed by atoms with Crippen LogP contribution in [0.15, 0.2) is 30.5 Å². The van der Waals surface area contributed by atoms with Crippen molar-refractivity contribution < 1.29 is 19.4 Å². The number of fused-ring (bicyclic) bond motifs is 1. The average Bonchev–Trinajstić information content (AvgIpc) is 3.36. The standard InChI is InChI=1S/C32H37N5O4/c1-18-25(16-34-37(18)32-13-19-10-20(14-32)12-21(11-19)15-32)23-5-7-28(35-29(23)31(39)40)36-9-8-22-26(17-36)24(30(38)33-2)4-6-27(22)41-3/h4-7,16,19-21H,8-15,17H2,1-3H3,(H,33,38)(H,39,40). The van der Waals surface area contributed by atoms with Gasteiger partial charge in [0.25, 0.3) is 5.91 Å². The van der Waals surface area contributed by atoms with Gasteiger partial charge in [0.15, 0.2) is 5.69 Å². The molecule has 0 atom stereocenters. The Balaban J connectivity index is 1.23. The maximum atomic E-state index is 12.6. The molecule has 1 amide bonds. The van der Waals surface area contributed by atoms with Gasteiger partial charge in [0.05, 0.1) is 18.8 Å². The number of nitrogens with one attached hydrogen (secondary N) is 1. The first-order valence-electron chi connectivity index (χ1n) is 14.8. The van der Waals surface area contributed by atoms with E-state index < -0.39 is 5.97 Å². The van der Waals surface area contributed by atoms with E-state index in [4.69, 9.17) is 9.84 Å². The zero-order valence-electron chi connectivity index (χ0n) is 23.9. The van der Waals surface area contributed by atoms with Gasteiger partial charge in [-0.15, -0.1) is 0 Å². The third-order valence-electron chi connectivity index (χ3n) is 10.2. The monoisotopic (exact) mass is 555 g/mol. The molecule has 4 fully saturated rings. The van der Waals surface area contributed by atoms with Crippen molar-refractivity contribution in [3.63, 3.8) is 0 Å². The molecule has 4 aliphatic carbocycles. The quantitative estimate of drug-likeness (QED) is 0.449. The molecule has 8 rings (SSSR count). The van der Waals surface area contributed by atoms with E-state index in [9.17, 15) is 14.7 Å². The van der Waals surface area contributed by atoms with Crippen molar-refractivity contribution in [2.75, 3.05) is 25.6 Å². The minimum atomic E-state index is -1.06. The minimum Gasteiger partial charge on any atom is -0.496 e. The zero-order valence-corrected chi connectivity index (χ0v) is 23.9. The third-order valence-corrected chi connectivity index (χ3v) is 10.2. The second-order valence-corrected chi connectivity index (χ2v) is 12.6. The summed E-state index contributed by atoms with van der Waals surface area (Å²) in [5.74, 6) is 2.50. The molecule has 9 heteroatoms. The van der Waals surface area contributed by atoms with Crippen LogP contribution in [0.1, 0.15) is 76.2 Å². The lowest BCUT2D eigenvalue weighted by Crippen LogP contribution is -2.52. The molecule has 9 nitrogen and oxygen atoms in total. The zero-order chi connectivity index (χ0) is 28.5. The molecule has 2 aromatic heterocycles. The van der Waals surface area contributed by atoms with E-state index in [1.165, 1.54) is 38.5 Å². The van der Waals surface area contributed by atoms with Crippen LogP contribution in [0.25, 0.3) is 11.1 Å². The first-order valence-corrected chi connectivity index (χ1v) is 14.8. The smallest absolute Gasteiger partial charge is 0.355 e. The van der Waals surface area contributed by atoms with Crippen LogP contribution in [-0.4, -0.2) is 52.4 Å². The molecule has 2 N–H and O–H groups in total. The molecule has 41 heavy (non-hydrogen) atoms. The molecular weight excluding hydrogens is 518 g/mol. The van der Waals surface area contributed by atoms with Crippen molar-refractivity contribution in [3.8, 4) is 16.9 Å². The number of carboxylic acid groups (broad SMARTS) is 1. The molecule has 3 heterocycles. The van der Waals surface area contributed by atoms with Crippen LogP contribution in [0.2, 0.25) is 0 Å². The molecule has 0 unspecified atom stereocenters. The molecule has 5 aliphatic rings. The fourth-order valence-corrected chi connectivity index (χ4v) is 8.86. The number of amides is 1. The minimum absolute atomic E-state index is 0.0265. The van der Waals surface area contributed by atoms with E-state index in [1.807, 2.05) is 29.3 Å². The second-order valence-electron chi connectivity index (χ2n) is 12.6. The van der Waals surface area contributed by atoms with Gasteiger partial charge in [0, 0.05) is 48.1 Å². The third kappa shape index (κ3) is 4.11. The van der Waals surface area contributed by atoms with E-state index in [1.54, 1.807) is 20.2 Å². The molecule has 4 saturated carbocycles. The van der Waals surface area contributed by atoms with Gasteiger partial charge in [-0.3, -0.25) is 9.48 Å². The number of nitrogens with zero attached hydrogens (tertiary/aromatic N) is 4. The van der Waals surface area contributed by atoms with E-state index >= 15 is 0 Å². The summed E-state index contributed by atoms with van der Waals surface area (Å²) in [6.45, 7) is 3.15. The van der Waals surface area contributed by atoms with Crippen LogP contribution >= 0.6 is 0 Å². The van der Waals surface area contributed by atoms with Crippen molar-refractivity contribution in [2.24, 2.45) is 17.8 Å². The van der Waals surface area contributed by atoms with Gasteiger partial charge in [-0.2, -0.15) is 5.10 Å². The highest BCUT2D eigenvalue weighted by Gasteiger charge is 2.53. The van der Waals surface area contributed by atoms with Gasteiger partial charge >= 0.3 is 5.97 Å². The Morgan fingerprint density at radius 2 is 1.73 bits per heavy atom. The number of hydrogen-bond acceptors (Lipinski definition) is 6. The first kappa shape index (κ1) is 26.0. The number of hydrogen-bond donors (Lipinski definition) is 2. The highest BCUT2D eigenvalue weighted by atomic mass is 16.5. The summed E-state index contributed by atoms with van der Waals surface area (Å²) in [5.41, 5.74) is 5.04. The number of benzene rings is 1. The molecule has 3 aromatic rings. The molecular formula is C32H37N5O4. The number of ether oxygens (including phenoxy) is 1. The summed E-state index contributed by atoms with van der Waals surface area (Å²) in [5, 5.41) is 17.9. The van der Waals surface area contributed by atoms with Crippen LogP contribution in [0, 0.1) is 24.7 Å². The van der Waals surface area contributed by atoms with Crippen LogP contribution < -0.4 is 15.0 Å². The fraction of sp³-hybridized carbons (Fsp3) is 0.500. The number of aromatic nitrogens is 3. The van der Waals surface area contributed by atoms with Gasteiger partial charge in [-0.1, -0.05) is 0 Å². The number of carbonyl (C=O) groups is 2. The Labute approximate surface area is 239 Å². The van der Waals surface area contributed by atoms with Crippen molar-refractivity contribution in [1.29, 1.82) is 0 Å². The Morgan fingerprint density at radius 3 is 2.37 bits per heavy atom. The summed E-state index contributed by atoms with van der Waals surface area (Å²) in [7, 11) is 3.25. The van der Waals surface area contributed by atoms with Crippen LogP contribution in [0.4, 0.5) is 5.82 Å². The molecule has 0 spiro atoms. The van der Waals surface area contributed by atoms with Gasteiger partial charge in [0.2, 0.25) is 0 Å². The number of carbonyl (C=O) groups excluding carboxylic acids is 1. The molecule has 0 saturated heterocycles. The van der Waals surface area contributed by atoms with Crippen LogP contribution in [0.3, 0.4) is 0 Å². The molecule has 214 valence electrons. The summed E-state index contributed by atoms with van der Waals surface area (Å²) < 4.78 is 7.81. The number of methoxy groups -OCH3 is 1. The summed E-state index contributed by atoms with van der Waals surface area (Å²) in [6, 6.07) is 7.39. The highest BCUT2D eigenvalue weighted by Crippen LogP contribution is 2.59.